The lowest BCUT2D eigenvalue weighted by Crippen LogP contribution is -2.34. The van der Waals surface area contributed by atoms with E-state index in [1.165, 1.54) is 16.7 Å². The molecule has 0 aromatic heterocycles. The molecule has 3 rings (SSSR count). The van der Waals surface area contributed by atoms with Crippen molar-refractivity contribution in [2.24, 2.45) is 0 Å². The molecule has 101 valence electrons. The molecular weight excluding hydrogens is 251 g/mol. The summed E-state index contributed by atoms with van der Waals surface area (Å²) in [5.74, 6) is 0. The number of hydrogen-bond acceptors (Lipinski definition) is 0. The van der Waals surface area contributed by atoms with Crippen molar-refractivity contribution in [3.05, 3.63) is 108 Å². The fraction of sp³-hybridized carbons (Fsp3) is 0.100. The Kier molecular flexibility index (Phi) is 3.92. The maximum absolute atomic E-state index is 2.30. The average molecular weight is 269 g/mol. The van der Waals surface area contributed by atoms with Gasteiger partial charge in [-0.3, -0.25) is 0 Å². The predicted octanol–water partition coefficient (Wildman–Crippen LogP) is 4.73. The van der Waals surface area contributed by atoms with Crippen molar-refractivity contribution >= 4 is 7.28 Å². The highest BCUT2D eigenvalue weighted by molar-refractivity contribution is 6.41. The highest BCUT2D eigenvalue weighted by Gasteiger charge is 2.34. The first-order valence-corrected chi connectivity index (χ1v) is 7.35. The second-order valence-corrected chi connectivity index (χ2v) is 5.19. The molecule has 0 N–H and O–H groups in total. The van der Waals surface area contributed by atoms with E-state index in [1.54, 1.807) is 0 Å². The molecule has 0 amide bonds. The van der Waals surface area contributed by atoms with Crippen molar-refractivity contribution in [2.45, 2.75) is 12.1 Å². The smallest absolute Gasteiger partial charge is 0.0904 e. The van der Waals surface area contributed by atoms with Crippen molar-refractivity contribution in [1.82, 2.24) is 0 Å². The third-order valence-electron chi connectivity index (χ3n) is 4.12. The van der Waals surface area contributed by atoms with Gasteiger partial charge in [0, 0.05) is 5.31 Å². The van der Waals surface area contributed by atoms with Gasteiger partial charge >= 0.3 is 0 Å². The van der Waals surface area contributed by atoms with Crippen LogP contribution in [0, 0.1) is 0 Å². The Labute approximate surface area is 127 Å². The summed E-state index contributed by atoms with van der Waals surface area (Å²) in [5, 5.41) is -0.205. The lowest BCUT2D eigenvalue weighted by molar-refractivity contribution is 0.865. The average Bonchev–Trinajstić information content (AvgIpc) is 2.59. The lowest BCUT2D eigenvalue weighted by Gasteiger charge is -2.35. The summed E-state index contributed by atoms with van der Waals surface area (Å²) in [5.41, 5.74) is 3.89. The van der Waals surface area contributed by atoms with Gasteiger partial charge in [-0.2, -0.15) is 0 Å². The molecule has 0 bridgehead atoms. The van der Waals surface area contributed by atoms with E-state index in [2.05, 4.69) is 105 Å². The van der Waals surface area contributed by atoms with Crippen LogP contribution < -0.4 is 0 Å². The van der Waals surface area contributed by atoms with Gasteiger partial charge in [-0.25, -0.2) is 0 Å². The van der Waals surface area contributed by atoms with Crippen LogP contribution in [0.5, 0.6) is 0 Å². The molecule has 0 aliphatic carbocycles. The predicted molar refractivity (Wildman–Crippen MR) is 90.8 cm³/mol. The van der Waals surface area contributed by atoms with Gasteiger partial charge in [0.15, 0.2) is 0 Å². The van der Waals surface area contributed by atoms with Crippen LogP contribution in [0.1, 0.15) is 16.7 Å². The van der Waals surface area contributed by atoms with Gasteiger partial charge in [-0.1, -0.05) is 97.8 Å². The summed E-state index contributed by atoms with van der Waals surface area (Å²) in [7, 11) is 2.30. The van der Waals surface area contributed by atoms with Gasteiger partial charge < -0.3 is 0 Å². The number of rotatable bonds is 4. The second kappa shape index (κ2) is 6.01. The summed E-state index contributed by atoms with van der Waals surface area (Å²) in [6, 6.07) is 32.1. The van der Waals surface area contributed by atoms with Crippen molar-refractivity contribution in [1.29, 1.82) is 0 Å². The lowest BCUT2D eigenvalue weighted by atomic mass is 9.45. The number of hydrogen-bond donors (Lipinski definition) is 0. The molecule has 0 aliphatic heterocycles. The summed E-state index contributed by atoms with van der Waals surface area (Å²) in [6.07, 6.45) is 0. The topological polar surface area (TPSA) is 0 Å². The summed E-state index contributed by atoms with van der Waals surface area (Å²) in [4.78, 5) is 0. The minimum atomic E-state index is -0.205. The highest BCUT2D eigenvalue weighted by Crippen LogP contribution is 2.37. The molecule has 21 heavy (non-hydrogen) atoms. The van der Waals surface area contributed by atoms with E-state index in [0.29, 0.717) is 0 Å². The third-order valence-corrected chi connectivity index (χ3v) is 4.12. The fourth-order valence-electron chi connectivity index (χ4n) is 3.10. The van der Waals surface area contributed by atoms with Crippen molar-refractivity contribution in [3.63, 3.8) is 0 Å². The van der Waals surface area contributed by atoms with Crippen molar-refractivity contribution in [2.75, 3.05) is 0 Å². The first kappa shape index (κ1) is 13.7. The molecule has 0 fully saturated rings. The SMILES string of the molecule is C[B]C(c1ccccc1)(c1ccccc1)c1ccccc1. The Bertz CT molecular complexity index is 578. The molecule has 0 unspecified atom stereocenters. The fourth-order valence-corrected chi connectivity index (χ4v) is 3.10. The molecule has 0 saturated heterocycles. The van der Waals surface area contributed by atoms with Crippen LogP contribution in [0.2, 0.25) is 6.82 Å². The Balaban J connectivity index is 2.29. The Morgan fingerprint density at radius 3 is 1.05 bits per heavy atom. The molecule has 0 spiro atoms. The standard InChI is InChI=1S/C20H18B/c1-21-20(17-11-5-2-6-12-17,18-13-7-3-8-14-18)19-15-9-4-10-16-19/h2-16H,1H3. The van der Waals surface area contributed by atoms with Crippen LogP contribution in [-0.4, -0.2) is 7.28 Å². The van der Waals surface area contributed by atoms with Crippen molar-refractivity contribution in [3.8, 4) is 0 Å². The van der Waals surface area contributed by atoms with E-state index in [9.17, 15) is 0 Å². The molecule has 1 radical (unpaired) electrons. The monoisotopic (exact) mass is 269 g/mol. The zero-order valence-corrected chi connectivity index (χ0v) is 12.2. The number of benzene rings is 3. The quantitative estimate of drug-likeness (QED) is 0.474. The van der Waals surface area contributed by atoms with E-state index in [4.69, 9.17) is 0 Å². The Hall–Kier alpha value is -2.28. The van der Waals surface area contributed by atoms with Gasteiger partial charge in [-0.05, 0) is 16.7 Å². The first-order chi connectivity index (χ1) is 10.4. The van der Waals surface area contributed by atoms with Gasteiger partial charge in [0.1, 0.15) is 7.28 Å². The minimum absolute atomic E-state index is 0.205. The third kappa shape index (κ3) is 2.40. The van der Waals surface area contributed by atoms with Crippen LogP contribution in [0.25, 0.3) is 0 Å². The Morgan fingerprint density at radius 1 is 0.524 bits per heavy atom. The zero-order chi connectivity index (χ0) is 14.5. The normalized spacial score (nSPS) is 11.1. The molecule has 0 heterocycles. The van der Waals surface area contributed by atoms with Crippen LogP contribution in [-0.2, 0) is 5.31 Å². The van der Waals surface area contributed by atoms with Crippen LogP contribution in [0.15, 0.2) is 91.0 Å². The van der Waals surface area contributed by atoms with Gasteiger partial charge in [0.25, 0.3) is 0 Å². The molecule has 0 aliphatic rings. The van der Waals surface area contributed by atoms with E-state index in [-0.39, 0.29) is 5.31 Å². The largest absolute Gasteiger partial charge is 0.132 e. The van der Waals surface area contributed by atoms with Gasteiger partial charge in [-0.15, -0.1) is 0 Å². The molecular formula is C20H18B. The van der Waals surface area contributed by atoms with E-state index >= 15 is 0 Å². The molecule has 0 saturated carbocycles. The minimum Gasteiger partial charge on any atom is -0.0904 e. The Morgan fingerprint density at radius 2 is 0.810 bits per heavy atom. The summed E-state index contributed by atoms with van der Waals surface area (Å²) in [6.45, 7) is 2.15. The summed E-state index contributed by atoms with van der Waals surface area (Å²) < 4.78 is 0. The molecule has 0 atom stereocenters. The molecule has 3 aromatic carbocycles. The molecule has 3 aromatic rings. The van der Waals surface area contributed by atoms with E-state index < -0.39 is 0 Å². The van der Waals surface area contributed by atoms with Crippen molar-refractivity contribution < 1.29 is 0 Å². The summed E-state index contributed by atoms with van der Waals surface area (Å²) >= 11 is 0. The maximum atomic E-state index is 2.30. The second-order valence-electron chi connectivity index (χ2n) is 5.19. The zero-order valence-electron chi connectivity index (χ0n) is 12.2. The molecule has 0 nitrogen and oxygen atoms in total. The first-order valence-electron chi connectivity index (χ1n) is 7.35. The van der Waals surface area contributed by atoms with Crippen LogP contribution in [0.4, 0.5) is 0 Å². The van der Waals surface area contributed by atoms with E-state index in [0.717, 1.165) is 0 Å². The maximum Gasteiger partial charge on any atom is 0.132 e. The van der Waals surface area contributed by atoms with Gasteiger partial charge in [0.2, 0.25) is 0 Å². The van der Waals surface area contributed by atoms with E-state index in [1.807, 2.05) is 0 Å². The highest BCUT2D eigenvalue weighted by atomic mass is 14.3. The van der Waals surface area contributed by atoms with Gasteiger partial charge in [0.05, 0.1) is 0 Å². The van der Waals surface area contributed by atoms with Crippen LogP contribution >= 0.6 is 0 Å². The molecule has 1 heteroatoms. The van der Waals surface area contributed by atoms with Crippen LogP contribution in [0.3, 0.4) is 0 Å².